The molecule has 27 heavy (non-hydrogen) atoms. The zero-order valence-corrected chi connectivity index (χ0v) is 16.5. The summed E-state index contributed by atoms with van der Waals surface area (Å²) in [5.74, 6) is 0.938. The van der Waals surface area contributed by atoms with Crippen molar-refractivity contribution in [2.75, 3.05) is 11.4 Å². The van der Waals surface area contributed by atoms with Crippen molar-refractivity contribution >= 4 is 22.8 Å². The smallest absolute Gasteiger partial charge is 0.310 e. The molecule has 3 heterocycles. The number of hydrogen-bond donors (Lipinski definition) is 0. The molecule has 7 heteroatoms. The highest BCUT2D eigenvalue weighted by Gasteiger charge is 2.29. The van der Waals surface area contributed by atoms with Gasteiger partial charge < -0.3 is 9.47 Å². The van der Waals surface area contributed by atoms with Crippen LogP contribution in [0.3, 0.4) is 0 Å². The molecule has 1 aromatic carbocycles. The zero-order chi connectivity index (χ0) is 19.5. The average molecular weight is 367 g/mol. The van der Waals surface area contributed by atoms with Crippen LogP contribution in [0.25, 0.3) is 11.2 Å². The number of benzene rings is 1. The van der Waals surface area contributed by atoms with Gasteiger partial charge in [0.2, 0.25) is 5.95 Å². The van der Waals surface area contributed by atoms with Crippen molar-refractivity contribution in [1.29, 1.82) is 0 Å². The lowest BCUT2D eigenvalue weighted by molar-refractivity contribution is 0.484. The summed E-state index contributed by atoms with van der Waals surface area (Å²) in [5, 5.41) is 0. The van der Waals surface area contributed by atoms with Gasteiger partial charge in [-0.15, -0.1) is 0 Å². The van der Waals surface area contributed by atoms with Crippen molar-refractivity contribution in [3.63, 3.8) is 0 Å². The van der Waals surface area contributed by atoms with E-state index >= 15 is 0 Å². The van der Waals surface area contributed by atoms with Gasteiger partial charge in [0.15, 0.2) is 11.2 Å². The zero-order valence-electron chi connectivity index (χ0n) is 16.5. The Morgan fingerprint density at radius 1 is 1.15 bits per heavy atom. The Morgan fingerprint density at radius 3 is 2.59 bits per heavy atom. The predicted molar refractivity (Wildman–Crippen MR) is 107 cm³/mol. The van der Waals surface area contributed by atoms with E-state index in [9.17, 15) is 9.59 Å². The second kappa shape index (κ2) is 6.11. The van der Waals surface area contributed by atoms with E-state index in [1.807, 2.05) is 24.5 Å². The van der Waals surface area contributed by atoms with E-state index in [1.165, 1.54) is 20.3 Å². The first-order valence-electron chi connectivity index (χ1n) is 9.35. The van der Waals surface area contributed by atoms with Gasteiger partial charge in [-0.25, -0.2) is 4.79 Å². The first kappa shape index (κ1) is 17.6. The number of fused-ring (bicyclic) bond motifs is 3. The number of nitrogens with zero attached hydrogens (tertiary/aromatic N) is 5. The van der Waals surface area contributed by atoms with Crippen molar-refractivity contribution in [3.05, 3.63) is 50.2 Å². The summed E-state index contributed by atoms with van der Waals surface area (Å²) >= 11 is 0. The SMILES string of the molecule is Cc1cccc(N2CCn3c2nc2c3c(=O)n(CC(C)C)c(=O)n2C)c1C. The lowest BCUT2D eigenvalue weighted by Gasteiger charge is -2.19. The average Bonchev–Trinajstić information content (AvgIpc) is 3.18. The van der Waals surface area contributed by atoms with Crippen molar-refractivity contribution in [1.82, 2.24) is 18.7 Å². The highest BCUT2D eigenvalue weighted by molar-refractivity contribution is 5.78. The van der Waals surface area contributed by atoms with Gasteiger partial charge in [0, 0.05) is 32.4 Å². The van der Waals surface area contributed by atoms with Gasteiger partial charge in [0.25, 0.3) is 5.56 Å². The maximum absolute atomic E-state index is 13.1. The summed E-state index contributed by atoms with van der Waals surface area (Å²) in [6, 6.07) is 6.20. The number of aryl methyl sites for hydroxylation is 2. The normalized spacial score (nSPS) is 13.8. The van der Waals surface area contributed by atoms with Crippen LogP contribution < -0.4 is 16.1 Å². The number of rotatable bonds is 3. The van der Waals surface area contributed by atoms with Crippen LogP contribution in [0.15, 0.2) is 27.8 Å². The molecular formula is C20H25N5O2. The molecule has 0 atom stereocenters. The van der Waals surface area contributed by atoms with Crippen LogP contribution in [0.5, 0.6) is 0 Å². The number of anilines is 2. The Balaban J connectivity index is 1.97. The molecule has 0 N–H and O–H groups in total. The molecule has 4 rings (SSSR count). The highest BCUT2D eigenvalue weighted by atomic mass is 16.2. The van der Waals surface area contributed by atoms with Crippen molar-refractivity contribution in [3.8, 4) is 0 Å². The molecule has 7 nitrogen and oxygen atoms in total. The molecule has 0 aliphatic carbocycles. The molecule has 2 aromatic heterocycles. The second-order valence-corrected chi connectivity index (χ2v) is 7.76. The van der Waals surface area contributed by atoms with Crippen LogP contribution in [0.2, 0.25) is 0 Å². The van der Waals surface area contributed by atoms with Crippen LogP contribution in [0.4, 0.5) is 11.6 Å². The molecule has 0 unspecified atom stereocenters. The van der Waals surface area contributed by atoms with Gasteiger partial charge in [0.05, 0.1) is 0 Å². The Bertz CT molecular complexity index is 1170. The molecule has 0 fully saturated rings. The molecule has 1 aliphatic heterocycles. The standard InChI is InChI=1S/C20H25N5O2/c1-12(2)11-25-18(26)16-17(22(5)20(25)27)21-19-23(9-10-24(16)19)15-8-6-7-13(3)14(15)4/h6-8,12H,9-11H2,1-5H3. The Hall–Kier alpha value is -2.83. The van der Waals surface area contributed by atoms with Crippen LogP contribution >= 0.6 is 0 Å². The second-order valence-electron chi connectivity index (χ2n) is 7.76. The molecule has 1 aliphatic rings. The lowest BCUT2D eigenvalue weighted by Crippen LogP contribution is -2.40. The van der Waals surface area contributed by atoms with Gasteiger partial charge in [-0.2, -0.15) is 4.98 Å². The Labute approximate surface area is 157 Å². The van der Waals surface area contributed by atoms with E-state index in [4.69, 9.17) is 4.98 Å². The van der Waals surface area contributed by atoms with E-state index in [1.54, 1.807) is 7.05 Å². The van der Waals surface area contributed by atoms with E-state index in [-0.39, 0.29) is 17.2 Å². The molecule has 3 aromatic rings. The van der Waals surface area contributed by atoms with Crippen molar-refractivity contribution in [2.45, 2.75) is 40.8 Å². The van der Waals surface area contributed by atoms with Gasteiger partial charge in [-0.1, -0.05) is 26.0 Å². The molecule has 0 saturated carbocycles. The fourth-order valence-electron chi connectivity index (χ4n) is 3.86. The minimum atomic E-state index is -0.309. The van der Waals surface area contributed by atoms with E-state index < -0.39 is 0 Å². The summed E-state index contributed by atoms with van der Waals surface area (Å²) in [7, 11) is 1.69. The molecule has 0 spiro atoms. The maximum atomic E-state index is 13.1. The minimum absolute atomic E-state index is 0.209. The Morgan fingerprint density at radius 2 is 1.89 bits per heavy atom. The Kier molecular flexibility index (Phi) is 3.98. The summed E-state index contributed by atoms with van der Waals surface area (Å²) in [6.07, 6.45) is 0. The molecule has 0 radical (unpaired) electrons. The van der Waals surface area contributed by atoms with Gasteiger partial charge >= 0.3 is 5.69 Å². The first-order valence-corrected chi connectivity index (χ1v) is 9.35. The van der Waals surface area contributed by atoms with Gasteiger partial charge in [0.1, 0.15) is 0 Å². The summed E-state index contributed by atoms with van der Waals surface area (Å²) in [6.45, 7) is 10.0. The topological polar surface area (TPSA) is 65.1 Å². The first-order chi connectivity index (χ1) is 12.8. The van der Waals surface area contributed by atoms with Gasteiger partial charge in [-0.3, -0.25) is 13.9 Å². The van der Waals surface area contributed by atoms with Gasteiger partial charge in [-0.05, 0) is 37.0 Å². The van der Waals surface area contributed by atoms with Crippen LogP contribution in [-0.4, -0.2) is 25.2 Å². The molecule has 0 amide bonds. The largest absolute Gasteiger partial charge is 0.332 e. The third kappa shape index (κ3) is 2.52. The third-order valence-corrected chi connectivity index (χ3v) is 5.42. The fourth-order valence-corrected chi connectivity index (χ4v) is 3.86. The van der Waals surface area contributed by atoms with Crippen molar-refractivity contribution in [2.24, 2.45) is 13.0 Å². The fraction of sp³-hybridized carbons (Fsp3) is 0.450. The van der Waals surface area contributed by atoms with E-state index in [0.717, 1.165) is 18.2 Å². The molecular weight excluding hydrogens is 342 g/mol. The summed E-state index contributed by atoms with van der Waals surface area (Å²) in [4.78, 5) is 32.6. The predicted octanol–water partition coefficient (Wildman–Crippen LogP) is 2.32. The lowest BCUT2D eigenvalue weighted by atomic mass is 10.1. The van der Waals surface area contributed by atoms with Crippen LogP contribution in [0.1, 0.15) is 25.0 Å². The van der Waals surface area contributed by atoms with Crippen LogP contribution in [0, 0.1) is 19.8 Å². The highest BCUT2D eigenvalue weighted by Crippen LogP contribution is 2.34. The summed E-state index contributed by atoms with van der Waals surface area (Å²) in [5.41, 5.74) is 3.92. The third-order valence-electron chi connectivity index (χ3n) is 5.42. The number of aromatic nitrogens is 4. The van der Waals surface area contributed by atoms with E-state index in [0.29, 0.717) is 24.3 Å². The quantitative estimate of drug-likeness (QED) is 0.713. The number of imidazole rings is 1. The molecule has 142 valence electrons. The molecule has 0 saturated heterocycles. The minimum Gasteiger partial charge on any atom is -0.310 e. The molecule has 0 bridgehead atoms. The van der Waals surface area contributed by atoms with E-state index in [2.05, 4.69) is 30.9 Å². The summed E-state index contributed by atoms with van der Waals surface area (Å²) < 4.78 is 4.78. The number of hydrogen-bond acceptors (Lipinski definition) is 4. The van der Waals surface area contributed by atoms with Crippen LogP contribution in [-0.2, 0) is 20.1 Å². The monoisotopic (exact) mass is 367 g/mol. The maximum Gasteiger partial charge on any atom is 0.332 e. The van der Waals surface area contributed by atoms with Crippen molar-refractivity contribution < 1.29 is 0 Å².